The van der Waals surface area contributed by atoms with Gasteiger partial charge in [-0.2, -0.15) is 26.3 Å². The van der Waals surface area contributed by atoms with Crippen LogP contribution in [0.25, 0.3) is 0 Å². The number of carbonyl (C=O) groups excluding carboxylic acids is 1. The van der Waals surface area contributed by atoms with Crippen LogP contribution in [0, 0.1) is 5.92 Å². The second-order valence-electron chi connectivity index (χ2n) is 4.75. The fraction of sp³-hybridized carbons (Fsp3) is 0.909. The van der Waals surface area contributed by atoms with Crippen molar-refractivity contribution in [3.8, 4) is 0 Å². The van der Waals surface area contributed by atoms with Crippen molar-refractivity contribution in [3.63, 3.8) is 0 Å². The van der Waals surface area contributed by atoms with E-state index in [-0.39, 0.29) is 6.54 Å². The van der Waals surface area contributed by atoms with Gasteiger partial charge in [0.05, 0.1) is 0 Å². The summed E-state index contributed by atoms with van der Waals surface area (Å²) in [4.78, 5) is 13.1. The zero-order valence-corrected chi connectivity index (χ0v) is 11.2. The summed E-state index contributed by atoms with van der Waals surface area (Å²) in [6.07, 6.45) is -11.0. The number of hydrogen-bond acceptors (Lipinski definition) is 3. The lowest BCUT2D eigenvalue weighted by Crippen LogP contribution is -2.48. The Morgan fingerprint density at radius 1 is 1.10 bits per heavy atom. The van der Waals surface area contributed by atoms with Crippen molar-refractivity contribution < 1.29 is 31.1 Å². The minimum absolute atomic E-state index is 0.217. The monoisotopic (exact) mass is 321 g/mol. The van der Waals surface area contributed by atoms with E-state index in [1.54, 1.807) is 5.32 Å². The van der Waals surface area contributed by atoms with Gasteiger partial charge < -0.3 is 15.5 Å². The molecule has 0 aromatic rings. The van der Waals surface area contributed by atoms with Crippen LogP contribution in [0.5, 0.6) is 0 Å². The Bertz CT molecular complexity index is 324. The Balaban J connectivity index is 2.37. The third-order valence-electron chi connectivity index (χ3n) is 3.08. The number of hydrogen-bond donors (Lipinski definition) is 2. The molecular weight excluding hydrogens is 304 g/mol. The van der Waals surface area contributed by atoms with Crippen LogP contribution in [0.1, 0.15) is 6.42 Å². The SMILES string of the molecule is O=C(NCCCN1CCNCC1)C(C(F)(F)F)C(F)(F)F. The minimum atomic E-state index is -5.64. The third-order valence-corrected chi connectivity index (χ3v) is 3.08. The van der Waals surface area contributed by atoms with Gasteiger partial charge in [-0.15, -0.1) is 0 Å². The molecule has 0 bridgehead atoms. The molecule has 2 N–H and O–H groups in total. The number of amides is 1. The summed E-state index contributed by atoms with van der Waals surface area (Å²) >= 11 is 0. The molecule has 1 aliphatic rings. The van der Waals surface area contributed by atoms with E-state index < -0.39 is 24.2 Å². The zero-order chi connectivity index (χ0) is 16.1. The Morgan fingerprint density at radius 3 is 2.10 bits per heavy atom. The zero-order valence-electron chi connectivity index (χ0n) is 11.2. The van der Waals surface area contributed by atoms with Crippen molar-refractivity contribution >= 4 is 5.91 Å². The first kappa shape index (κ1) is 18.0. The Kier molecular flexibility index (Phi) is 6.26. The molecular formula is C11H17F6N3O. The van der Waals surface area contributed by atoms with Gasteiger partial charge in [-0.1, -0.05) is 0 Å². The molecule has 0 radical (unpaired) electrons. The number of rotatable bonds is 5. The van der Waals surface area contributed by atoms with Gasteiger partial charge in [-0.25, -0.2) is 0 Å². The fourth-order valence-corrected chi connectivity index (χ4v) is 2.03. The van der Waals surface area contributed by atoms with Gasteiger partial charge in [-0.3, -0.25) is 4.79 Å². The number of nitrogens with one attached hydrogen (secondary N) is 2. The van der Waals surface area contributed by atoms with Gasteiger partial charge in [0, 0.05) is 32.7 Å². The highest BCUT2D eigenvalue weighted by Gasteiger charge is 2.60. The lowest BCUT2D eigenvalue weighted by atomic mass is 10.1. The van der Waals surface area contributed by atoms with Crippen molar-refractivity contribution in [2.75, 3.05) is 39.3 Å². The number of carbonyl (C=O) groups is 1. The van der Waals surface area contributed by atoms with Crippen LogP contribution in [0.15, 0.2) is 0 Å². The number of nitrogens with zero attached hydrogens (tertiary/aromatic N) is 1. The summed E-state index contributed by atoms with van der Waals surface area (Å²) in [6, 6.07) is 0. The Hall–Kier alpha value is -1.03. The summed E-state index contributed by atoms with van der Waals surface area (Å²) in [5, 5.41) is 4.82. The van der Waals surface area contributed by atoms with E-state index in [1.807, 2.05) is 4.90 Å². The van der Waals surface area contributed by atoms with Crippen LogP contribution >= 0.6 is 0 Å². The molecule has 21 heavy (non-hydrogen) atoms. The second-order valence-corrected chi connectivity index (χ2v) is 4.75. The first-order chi connectivity index (χ1) is 9.62. The largest absolute Gasteiger partial charge is 0.409 e. The van der Waals surface area contributed by atoms with Crippen molar-refractivity contribution in [2.24, 2.45) is 5.92 Å². The molecule has 1 heterocycles. The van der Waals surface area contributed by atoms with Gasteiger partial charge in [0.1, 0.15) is 0 Å². The van der Waals surface area contributed by atoms with Crippen LogP contribution in [0.2, 0.25) is 0 Å². The van der Waals surface area contributed by atoms with Crippen LogP contribution in [-0.2, 0) is 4.79 Å². The normalized spacial score (nSPS) is 18.0. The summed E-state index contributed by atoms with van der Waals surface area (Å²) in [6.45, 7) is 3.41. The van der Waals surface area contributed by atoms with Crippen LogP contribution in [-0.4, -0.2) is 62.4 Å². The molecule has 0 unspecified atom stereocenters. The van der Waals surface area contributed by atoms with E-state index in [4.69, 9.17) is 0 Å². The molecule has 10 heteroatoms. The van der Waals surface area contributed by atoms with E-state index in [1.165, 1.54) is 0 Å². The van der Waals surface area contributed by atoms with Crippen molar-refractivity contribution in [1.82, 2.24) is 15.5 Å². The fourth-order valence-electron chi connectivity index (χ4n) is 2.03. The van der Waals surface area contributed by atoms with E-state index in [9.17, 15) is 31.1 Å². The van der Waals surface area contributed by atoms with Gasteiger partial charge >= 0.3 is 12.4 Å². The Morgan fingerprint density at radius 2 is 1.62 bits per heavy atom. The highest BCUT2D eigenvalue weighted by Crippen LogP contribution is 2.39. The highest BCUT2D eigenvalue weighted by molar-refractivity contribution is 5.80. The first-order valence-electron chi connectivity index (χ1n) is 6.46. The first-order valence-corrected chi connectivity index (χ1v) is 6.46. The van der Waals surface area contributed by atoms with Crippen LogP contribution in [0.3, 0.4) is 0 Å². The number of piperazine rings is 1. The van der Waals surface area contributed by atoms with Crippen molar-refractivity contribution in [2.45, 2.75) is 18.8 Å². The van der Waals surface area contributed by atoms with Gasteiger partial charge in [0.15, 0.2) is 0 Å². The summed E-state index contributed by atoms with van der Waals surface area (Å²) in [5.74, 6) is -6.01. The maximum absolute atomic E-state index is 12.3. The van der Waals surface area contributed by atoms with Crippen molar-refractivity contribution in [3.05, 3.63) is 0 Å². The van der Waals surface area contributed by atoms with E-state index in [0.29, 0.717) is 13.0 Å². The molecule has 0 atom stereocenters. The second kappa shape index (κ2) is 7.30. The van der Waals surface area contributed by atoms with Gasteiger partial charge in [0.2, 0.25) is 11.8 Å². The van der Waals surface area contributed by atoms with Crippen LogP contribution in [0.4, 0.5) is 26.3 Å². The predicted molar refractivity (Wildman–Crippen MR) is 62.5 cm³/mol. The topological polar surface area (TPSA) is 44.4 Å². The van der Waals surface area contributed by atoms with E-state index >= 15 is 0 Å². The highest BCUT2D eigenvalue weighted by atomic mass is 19.4. The molecule has 0 saturated carbocycles. The minimum Gasteiger partial charge on any atom is -0.355 e. The summed E-state index contributed by atoms with van der Waals surface area (Å²) in [5.41, 5.74) is 0. The summed E-state index contributed by atoms with van der Waals surface area (Å²) < 4.78 is 73.6. The molecule has 1 fully saturated rings. The van der Waals surface area contributed by atoms with Crippen molar-refractivity contribution in [1.29, 1.82) is 0 Å². The average molecular weight is 321 g/mol. The molecule has 1 rings (SSSR count). The Labute approximate surface area is 117 Å². The lowest BCUT2D eigenvalue weighted by Gasteiger charge is -2.27. The lowest BCUT2D eigenvalue weighted by molar-refractivity contribution is -0.274. The maximum Gasteiger partial charge on any atom is 0.409 e. The van der Waals surface area contributed by atoms with Crippen LogP contribution < -0.4 is 10.6 Å². The number of halogens is 6. The third kappa shape index (κ3) is 6.08. The molecule has 0 aromatic heterocycles. The van der Waals surface area contributed by atoms with Gasteiger partial charge in [-0.05, 0) is 13.0 Å². The molecule has 1 saturated heterocycles. The molecule has 1 aliphatic heterocycles. The predicted octanol–water partition coefficient (Wildman–Crippen LogP) is 1.14. The standard InChI is InChI=1S/C11H17F6N3O/c12-10(13,14)8(11(15,16)17)9(21)19-2-1-5-20-6-3-18-4-7-20/h8,18H,1-7H2,(H,19,21). The molecule has 0 aliphatic carbocycles. The molecule has 1 amide bonds. The smallest absolute Gasteiger partial charge is 0.355 e. The maximum atomic E-state index is 12.3. The average Bonchev–Trinajstić information content (AvgIpc) is 2.32. The van der Waals surface area contributed by atoms with E-state index in [2.05, 4.69) is 5.32 Å². The number of alkyl halides is 6. The quantitative estimate of drug-likeness (QED) is 0.590. The molecule has 0 aromatic carbocycles. The summed E-state index contributed by atoms with van der Waals surface area (Å²) in [7, 11) is 0. The molecule has 4 nitrogen and oxygen atoms in total. The van der Waals surface area contributed by atoms with E-state index in [0.717, 1.165) is 26.2 Å². The molecule has 124 valence electrons. The van der Waals surface area contributed by atoms with Gasteiger partial charge in [0.25, 0.3) is 0 Å². The molecule has 0 spiro atoms.